The minimum Gasteiger partial charge on any atom is -0.350 e. The van der Waals surface area contributed by atoms with Crippen molar-refractivity contribution >= 4 is 17.5 Å². The molecule has 1 unspecified atom stereocenters. The summed E-state index contributed by atoms with van der Waals surface area (Å²) in [6.07, 6.45) is 2.15. The molecule has 0 saturated carbocycles. The first-order valence-corrected chi connectivity index (χ1v) is 9.38. The molecule has 0 bridgehead atoms. The fourth-order valence-corrected chi connectivity index (χ4v) is 3.76. The number of likely N-dealkylation sites (tertiary alicyclic amines) is 1. The Morgan fingerprint density at radius 1 is 1.19 bits per heavy atom. The van der Waals surface area contributed by atoms with Crippen LogP contribution in [-0.2, 0) is 0 Å². The van der Waals surface area contributed by atoms with E-state index in [-0.39, 0.29) is 17.8 Å². The molecule has 26 heavy (non-hydrogen) atoms. The summed E-state index contributed by atoms with van der Waals surface area (Å²) in [5.41, 5.74) is 3.31. The molecule has 3 nitrogen and oxygen atoms in total. The van der Waals surface area contributed by atoms with Gasteiger partial charge in [0.1, 0.15) is 5.82 Å². The molecule has 1 heterocycles. The molecule has 3 rings (SSSR count). The fourth-order valence-electron chi connectivity index (χ4n) is 3.47. The van der Waals surface area contributed by atoms with Crippen LogP contribution in [0.4, 0.5) is 4.39 Å². The third kappa shape index (κ3) is 4.08. The van der Waals surface area contributed by atoms with Crippen molar-refractivity contribution in [2.24, 2.45) is 0 Å². The van der Waals surface area contributed by atoms with Crippen molar-refractivity contribution in [3.8, 4) is 0 Å². The van der Waals surface area contributed by atoms with E-state index >= 15 is 0 Å². The maximum Gasteiger partial charge on any atom is 0.251 e. The molecule has 2 aromatic rings. The van der Waals surface area contributed by atoms with E-state index in [1.54, 1.807) is 12.1 Å². The zero-order chi connectivity index (χ0) is 18.7. The molecule has 0 spiro atoms. The topological polar surface area (TPSA) is 32.3 Å². The van der Waals surface area contributed by atoms with Crippen LogP contribution in [0.15, 0.2) is 36.4 Å². The van der Waals surface area contributed by atoms with Crippen molar-refractivity contribution in [1.29, 1.82) is 0 Å². The Labute approximate surface area is 159 Å². The van der Waals surface area contributed by atoms with E-state index in [0.717, 1.165) is 37.1 Å². The van der Waals surface area contributed by atoms with Crippen molar-refractivity contribution in [3.63, 3.8) is 0 Å². The lowest BCUT2D eigenvalue weighted by atomic mass is 10.0. The van der Waals surface area contributed by atoms with Gasteiger partial charge in [-0.3, -0.25) is 9.69 Å². The third-order valence-corrected chi connectivity index (χ3v) is 5.47. The number of nitrogens with zero attached hydrogens (tertiary/aromatic N) is 1. The summed E-state index contributed by atoms with van der Waals surface area (Å²) in [4.78, 5) is 14.8. The van der Waals surface area contributed by atoms with Gasteiger partial charge in [-0.15, -0.1) is 0 Å². The number of benzene rings is 2. The zero-order valence-electron chi connectivity index (χ0n) is 15.2. The molecule has 1 aliphatic heterocycles. The minimum atomic E-state index is -0.324. The smallest absolute Gasteiger partial charge is 0.251 e. The summed E-state index contributed by atoms with van der Waals surface area (Å²) < 4.78 is 14.5. The Kier molecular flexibility index (Phi) is 5.94. The monoisotopic (exact) mass is 374 g/mol. The summed E-state index contributed by atoms with van der Waals surface area (Å²) in [5.74, 6) is -0.473. The van der Waals surface area contributed by atoms with E-state index in [0.29, 0.717) is 22.7 Å². The Morgan fingerprint density at radius 2 is 1.92 bits per heavy atom. The van der Waals surface area contributed by atoms with Crippen molar-refractivity contribution in [3.05, 3.63) is 69.5 Å². The Hall–Kier alpha value is -1.91. The molecule has 2 aromatic carbocycles. The van der Waals surface area contributed by atoms with Crippen LogP contribution in [0.3, 0.4) is 0 Å². The number of hydrogen-bond donors (Lipinski definition) is 1. The molecule has 1 amide bonds. The van der Waals surface area contributed by atoms with E-state index < -0.39 is 0 Å². The number of halogens is 2. The van der Waals surface area contributed by atoms with Crippen LogP contribution in [0.5, 0.6) is 0 Å². The molecule has 5 heteroatoms. The second-order valence-corrected chi connectivity index (χ2v) is 7.31. The molecule has 1 saturated heterocycles. The lowest BCUT2D eigenvalue weighted by Crippen LogP contribution is -2.37. The number of amides is 1. The van der Waals surface area contributed by atoms with Crippen molar-refractivity contribution in [2.75, 3.05) is 19.6 Å². The van der Waals surface area contributed by atoms with Gasteiger partial charge in [-0.1, -0.05) is 23.7 Å². The highest BCUT2D eigenvalue weighted by Crippen LogP contribution is 2.32. The quantitative estimate of drug-likeness (QED) is 0.825. The van der Waals surface area contributed by atoms with Gasteiger partial charge in [-0.2, -0.15) is 0 Å². The van der Waals surface area contributed by atoms with Gasteiger partial charge in [0, 0.05) is 22.7 Å². The predicted octanol–water partition coefficient (Wildman–Crippen LogP) is 4.66. The first kappa shape index (κ1) is 18.9. The summed E-state index contributed by atoms with van der Waals surface area (Å²) in [7, 11) is 0. The predicted molar refractivity (Wildman–Crippen MR) is 103 cm³/mol. The highest BCUT2D eigenvalue weighted by molar-refractivity contribution is 6.31. The average molecular weight is 375 g/mol. The summed E-state index contributed by atoms with van der Waals surface area (Å²) in [6.45, 7) is 6.09. The van der Waals surface area contributed by atoms with E-state index in [2.05, 4.69) is 10.2 Å². The van der Waals surface area contributed by atoms with Gasteiger partial charge in [-0.25, -0.2) is 4.39 Å². The second-order valence-electron chi connectivity index (χ2n) is 6.90. The Balaban J connectivity index is 1.80. The zero-order valence-corrected chi connectivity index (χ0v) is 15.9. The average Bonchev–Trinajstić information content (AvgIpc) is 3.14. The molecular formula is C21H24ClFN2O. The number of carbonyl (C=O) groups is 1. The molecule has 0 aliphatic carbocycles. The summed E-state index contributed by atoms with van der Waals surface area (Å²) in [6, 6.07) is 10.1. The molecule has 138 valence electrons. The van der Waals surface area contributed by atoms with Crippen LogP contribution in [0.1, 0.15) is 45.9 Å². The number of hydrogen-bond acceptors (Lipinski definition) is 2. The lowest BCUT2D eigenvalue weighted by molar-refractivity contribution is 0.0937. The van der Waals surface area contributed by atoms with E-state index in [1.807, 2.05) is 32.0 Å². The van der Waals surface area contributed by atoms with Crippen LogP contribution < -0.4 is 5.32 Å². The molecule has 1 atom stereocenters. The van der Waals surface area contributed by atoms with E-state index in [4.69, 9.17) is 11.6 Å². The lowest BCUT2D eigenvalue weighted by Gasteiger charge is -2.29. The van der Waals surface area contributed by atoms with Crippen LogP contribution in [-0.4, -0.2) is 30.4 Å². The van der Waals surface area contributed by atoms with Crippen LogP contribution >= 0.6 is 11.6 Å². The Bertz CT molecular complexity index is 782. The third-order valence-electron chi connectivity index (χ3n) is 5.14. The minimum absolute atomic E-state index is 0.148. The first-order chi connectivity index (χ1) is 12.5. The van der Waals surface area contributed by atoms with Crippen molar-refractivity contribution < 1.29 is 9.18 Å². The molecule has 0 radical (unpaired) electrons. The van der Waals surface area contributed by atoms with Gasteiger partial charge in [-0.05, 0) is 75.2 Å². The summed E-state index contributed by atoms with van der Waals surface area (Å²) in [5, 5.41) is 3.37. The van der Waals surface area contributed by atoms with Crippen LogP contribution in [0, 0.1) is 19.7 Å². The maximum atomic E-state index is 14.5. The van der Waals surface area contributed by atoms with E-state index in [1.165, 1.54) is 6.07 Å². The Morgan fingerprint density at radius 3 is 2.58 bits per heavy atom. The van der Waals surface area contributed by atoms with E-state index in [9.17, 15) is 9.18 Å². The standard InChI is InChI=1S/C21H24ClFN2O/c1-14-8-9-16(12-15(14)2)21(26)24-13-19(25-10-3-4-11-25)20-17(22)6-5-7-18(20)23/h5-9,12,19H,3-4,10-11,13H2,1-2H3,(H,24,26). The molecule has 1 aliphatic rings. The highest BCUT2D eigenvalue weighted by atomic mass is 35.5. The first-order valence-electron chi connectivity index (χ1n) is 9.01. The van der Waals surface area contributed by atoms with Gasteiger partial charge in [0.05, 0.1) is 6.04 Å². The number of rotatable bonds is 5. The summed E-state index contributed by atoms with van der Waals surface area (Å²) >= 11 is 6.29. The largest absolute Gasteiger partial charge is 0.350 e. The SMILES string of the molecule is Cc1ccc(C(=O)NCC(c2c(F)cccc2Cl)N2CCCC2)cc1C. The van der Waals surface area contributed by atoms with Crippen LogP contribution in [0.25, 0.3) is 0 Å². The number of aryl methyl sites for hydroxylation is 2. The van der Waals surface area contributed by atoms with Crippen LogP contribution in [0.2, 0.25) is 5.02 Å². The second kappa shape index (κ2) is 8.19. The molecule has 1 fully saturated rings. The van der Waals surface area contributed by atoms with Gasteiger partial charge < -0.3 is 5.32 Å². The number of nitrogens with one attached hydrogen (secondary N) is 1. The van der Waals surface area contributed by atoms with Gasteiger partial charge in [0.15, 0.2) is 0 Å². The molecular weight excluding hydrogens is 351 g/mol. The van der Waals surface area contributed by atoms with Gasteiger partial charge in [0.2, 0.25) is 0 Å². The van der Waals surface area contributed by atoms with Crippen molar-refractivity contribution in [1.82, 2.24) is 10.2 Å². The van der Waals surface area contributed by atoms with Crippen molar-refractivity contribution in [2.45, 2.75) is 32.7 Å². The molecule has 0 aromatic heterocycles. The normalized spacial score (nSPS) is 15.8. The highest BCUT2D eigenvalue weighted by Gasteiger charge is 2.28. The molecule has 1 N–H and O–H groups in total. The van der Waals surface area contributed by atoms with Gasteiger partial charge >= 0.3 is 0 Å². The fraction of sp³-hybridized carbons (Fsp3) is 0.381. The van der Waals surface area contributed by atoms with Gasteiger partial charge in [0.25, 0.3) is 5.91 Å². The number of carbonyl (C=O) groups excluding carboxylic acids is 1. The maximum absolute atomic E-state index is 14.5.